The number of likely N-dealkylation sites (tertiary alicyclic amines) is 1. The topological polar surface area (TPSA) is 67.9 Å². The second-order valence-electron chi connectivity index (χ2n) is 7.35. The molecule has 0 aromatic heterocycles. The lowest BCUT2D eigenvalue weighted by Gasteiger charge is -2.32. The van der Waals surface area contributed by atoms with Gasteiger partial charge in [-0.05, 0) is 51.7 Å². The molecule has 3 rings (SSSR count). The molecule has 1 aromatic carbocycles. The van der Waals surface area contributed by atoms with Crippen molar-refractivity contribution >= 4 is 11.8 Å². The van der Waals surface area contributed by atoms with Gasteiger partial charge < -0.3 is 9.64 Å². The number of rotatable bonds is 4. The van der Waals surface area contributed by atoms with Gasteiger partial charge in [0.1, 0.15) is 0 Å². The second kappa shape index (κ2) is 8.64. The Morgan fingerprint density at radius 2 is 1.88 bits per heavy atom. The molecule has 0 bridgehead atoms. The number of benzene rings is 1. The Balaban J connectivity index is 1.55. The molecule has 6 heteroatoms. The van der Waals surface area contributed by atoms with Crippen LogP contribution in [0.4, 0.5) is 0 Å². The molecule has 2 aliphatic heterocycles. The number of carbonyl (C=O) groups excluding carboxylic acids is 2. The van der Waals surface area contributed by atoms with Crippen molar-refractivity contribution < 1.29 is 19.2 Å². The maximum absolute atomic E-state index is 12.8. The van der Waals surface area contributed by atoms with E-state index in [2.05, 4.69) is 5.48 Å². The predicted octanol–water partition coefficient (Wildman–Crippen LogP) is 2.73. The highest BCUT2D eigenvalue weighted by Gasteiger charge is 2.30. The highest BCUT2D eigenvalue weighted by atomic mass is 16.8. The number of aryl methyl sites for hydroxylation is 2. The molecule has 6 nitrogen and oxygen atoms in total. The van der Waals surface area contributed by atoms with Gasteiger partial charge >= 0.3 is 0 Å². The first-order valence-electron chi connectivity index (χ1n) is 9.47. The maximum atomic E-state index is 12.8. The monoisotopic (exact) mass is 360 g/mol. The van der Waals surface area contributed by atoms with Crippen molar-refractivity contribution in [2.24, 2.45) is 5.92 Å². The molecule has 2 aliphatic rings. The summed E-state index contributed by atoms with van der Waals surface area (Å²) in [5.74, 6) is -0.426. The predicted molar refractivity (Wildman–Crippen MR) is 97.4 cm³/mol. The molecule has 2 fully saturated rings. The van der Waals surface area contributed by atoms with Crippen molar-refractivity contribution in [3.05, 3.63) is 34.9 Å². The van der Waals surface area contributed by atoms with Gasteiger partial charge in [-0.3, -0.25) is 9.59 Å². The Labute approximate surface area is 154 Å². The van der Waals surface area contributed by atoms with Crippen LogP contribution < -0.4 is 5.48 Å². The fraction of sp³-hybridized carbons (Fsp3) is 0.600. The molecule has 0 unspecified atom stereocenters. The van der Waals surface area contributed by atoms with Crippen molar-refractivity contribution in [1.82, 2.24) is 10.4 Å². The zero-order chi connectivity index (χ0) is 18.5. The average molecular weight is 360 g/mol. The van der Waals surface area contributed by atoms with E-state index >= 15 is 0 Å². The zero-order valence-electron chi connectivity index (χ0n) is 15.6. The fourth-order valence-electron chi connectivity index (χ4n) is 3.67. The Bertz CT molecular complexity index is 635. The third-order valence-corrected chi connectivity index (χ3v) is 4.98. The molecule has 2 saturated heterocycles. The van der Waals surface area contributed by atoms with Crippen LogP contribution in [0.5, 0.6) is 0 Å². The van der Waals surface area contributed by atoms with E-state index in [9.17, 15) is 9.59 Å². The summed E-state index contributed by atoms with van der Waals surface area (Å²) in [6.07, 6.45) is 4.09. The van der Waals surface area contributed by atoms with Gasteiger partial charge in [0.05, 0.1) is 5.92 Å². The van der Waals surface area contributed by atoms with E-state index in [4.69, 9.17) is 9.57 Å². The van der Waals surface area contributed by atoms with Crippen LogP contribution in [0.2, 0.25) is 0 Å². The molecule has 1 N–H and O–H groups in total. The van der Waals surface area contributed by atoms with Crippen molar-refractivity contribution in [3.8, 4) is 0 Å². The van der Waals surface area contributed by atoms with E-state index < -0.39 is 0 Å². The molecule has 0 saturated carbocycles. The minimum atomic E-state index is -0.357. The summed E-state index contributed by atoms with van der Waals surface area (Å²) in [6.45, 7) is 5.75. The molecule has 2 atom stereocenters. The van der Waals surface area contributed by atoms with Crippen LogP contribution in [-0.4, -0.2) is 42.7 Å². The van der Waals surface area contributed by atoms with Crippen LogP contribution in [0.25, 0.3) is 0 Å². The Hall–Kier alpha value is -1.92. The van der Waals surface area contributed by atoms with E-state index in [0.717, 1.165) is 43.2 Å². The van der Waals surface area contributed by atoms with Crippen LogP contribution in [-0.2, 0) is 14.4 Å². The summed E-state index contributed by atoms with van der Waals surface area (Å²) in [6, 6.07) is 5.86. The van der Waals surface area contributed by atoms with Crippen molar-refractivity contribution in [2.45, 2.75) is 52.2 Å². The number of ether oxygens (including phenoxy) is 1. The lowest BCUT2D eigenvalue weighted by atomic mass is 9.96. The van der Waals surface area contributed by atoms with Crippen molar-refractivity contribution in [3.63, 3.8) is 0 Å². The molecule has 142 valence electrons. The van der Waals surface area contributed by atoms with E-state index in [0.29, 0.717) is 25.3 Å². The van der Waals surface area contributed by atoms with Crippen molar-refractivity contribution in [2.75, 3.05) is 19.7 Å². The number of nitrogens with one attached hydrogen (secondary N) is 1. The van der Waals surface area contributed by atoms with Gasteiger partial charge in [-0.2, -0.15) is 0 Å². The Kier molecular flexibility index (Phi) is 6.27. The average Bonchev–Trinajstić information content (AvgIpc) is 2.65. The number of nitrogens with zero attached hydrogens (tertiary/aromatic N) is 1. The van der Waals surface area contributed by atoms with Crippen LogP contribution in [0.1, 0.15) is 53.6 Å². The van der Waals surface area contributed by atoms with Gasteiger partial charge in [0.25, 0.3) is 5.91 Å². The molecule has 2 amide bonds. The normalized spacial score (nSPS) is 23.5. The maximum Gasteiger partial charge on any atom is 0.253 e. The van der Waals surface area contributed by atoms with Crippen LogP contribution in [0, 0.1) is 19.8 Å². The highest BCUT2D eigenvalue weighted by molar-refractivity contribution is 5.95. The van der Waals surface area contributed by atoms with E-state index in [1.165, 1.54) is 0 Å². The van der Waals surface area contributed by atoms with Crippen LogP contribution in [0.3, 0.4) is 0 Å². The smallest absolute Gasteiger partial charge is 0.253 e. The molecule has 1 aromatic rings. The fourth-order valence-corrected chi connectivity index (χ4v) is 3.67. The molecule has 0 spiro atoms. The summed E-state index contributed by atoms with van der Waals surface area (Å²) in [7, 11) is 0. The number of hydroxylamine groups is 1. The SMILES string of the molecule is Cc1cc(C)cc(C(=O)N2CCC[C@@H](C(=O)NO[C@@H]3CCCCO3)C2)c1. The van der Waals surface area contributed by atoms with Gasteiger partial charge in [0, 0.05) is 31.7 Å². The Morgan fingerprint density at radius 3 is 2.58 bits per heavy atom. The van der Waals surface area contributed by atoms with Gasteiger partial charge in [-0.1, -0.05) is 17.2 Å². The molecule has 2 heterocycles. The standard InChI is InChI=1S/C20H28N2O4/c1-14-10-15(2)12-17(11-14)20(24)22-8-5-6-16(13-22)19(23)21-26-18-7-3-4-9-25-18/h10-12,16,18H,3-9,13H2,1-2H3,(H,21,23)/t16-,18-/m1/s1. The summed E-state index contributed by atoms with van der Waals surface area (Å²) < 4.78 is 5.45. The van der Waals surface area contributed by atoms with Gasteiger partial charge in [0.2, 0.25) is 5.91 Å². The quantitative estimate of drug-likeness (QED) is 0.839. The second-order valence-corrected chi connectivity index (χ2v) is 7.35. The molecule has 0 radical (unpaired) electrons. The third-order valence-electron chi connectivity index (χ3n) is 4.98. The van der Waals surface area contributed by atoms with Gasteiger partial charge in [-0.25, -0.2) is 10.3 Å². The minimum Gasteiger partial charge on any atom is -0.350 e. The van der Waals surface area contributed by atoms with E-state index in [1.54, 1.807) is 4.90 Å². The lowest BCUT2D eigenvalue weighted by molar-refractivity contribution is -0.202. The minimum absolute atomic E-state index is 0.00849. The van der Waals surface area contributed by atoms with Crippen LogP contribution in [0.15, 0.2) is 18.2 Å². The first-order valence-corrected chi connectivity index (χ1v) is 9.47. The van der Waals surface area contributed by atoms with Gasteiger partial charge in [-0.15, -0.1) is 0 Å². The van der Waals surface area contributed by atoms with Crippen molar-refractivity contribution in [1.29, 1.82) is 0 Å². The lowest BCUT2D eigenvalue weighted by Crippen LogP contribution is -2.46. The molecule has 0 aliphatic carbocycles. The number of carbonyl (C=O) groups is 2. The highest BCUT2D eigenvalue weighted by Crippen LogP contribution is 2.20. The summed E-state index contributed by atoms with van der Waals surface area (Å²) >= 11 is 0. The summed E-state index contributed by atoms with van der Waals surface area (Å²) in [4.78, 5) is 32.4. The molecule has 26 heavy (non-hydrogen) atoms. The van der Waals surface area contributed by atoms with E-state index in [-0.39, 0.29) is 24.0 Å². The number of piperidine rings is 1. The first-order chi connectivity index (χ1) is 12.5. The molecular formula is C20H28N2O4. The summed E-state index contributed by atoms with van der Waals surface area (Å²) in [5.41, 5.74) is 5.37. The largest absolute Gasteiger partial charge is 0.350 e. The van der Waals surface area contributed by atoms with Gasteiger partial charge in [0.15, 0.2) is 6.29 Å². The number of hydrogen-bond acceptors (Lipinski definition) is 4. The Morgan fingerprint density at radius 1 is 1.12 bits per heavy atom. The third kappa shape index (κ3) is 4.83. The number of hydrogen-bond donors (Lipinski definition) is 1. The van der Waals surface area contributed by atoms with Crippen LogP contribution >= 0.6 is 0 Å². The molecular weight excluding hydrogens is 332 g/mol. The van der Waals surface area contributed by atoms with E-state index in [1.807, 2.05) is 32.0 Å². The number of amides is 2. The summed E-state index contributed by atoms with van der Waals surface area (Å²) in [5, 5.41) is 0. The first kappa shape index (κ1) is 18.9. The zero-order valence-corrected chi connectivity index (χ0v) is 15.6.